The minimum Gasteiger partial charge on any atom is -0.378 e. The number of para-hydroxylation sites is 1. The molecule has 0 radical (unpaired) electrons. The van der Waals surface area contributed by atoms with Gasteiger partial charge in [-0.25, -0.2) is 0 Å². The molecule has 2 unspecified atom stereocenters. The number of fused-ring (bicyclic) bond motifs is 1. The van der Waals surface area contributed by atoms with Gasteiger partial charge in [0.25, 0.3) is 11.8 Å². The Morgan fingerprint density at radius 2 is 1.88 bits per heavy atom. The summed E-state index contributed by atoms with van der Waals surface area (Å²) in [5.41, 5.74) is 6.69. The third kappa shape index (κ3) is 2.35. The molecule has 2 aliphatic heterocycles. The van der Waals surface area contributed by atoms with Crippen LogP contribution in [0.3, 0.4) is 0 Å². The van der Waals surface area contributed by atoms with Crippen molar-refractivity contribution in [2.24, 2.45) is 10.7 Å². The van der Waals surface area contributed by atoms with Gasteiger partial charge < -0.3 is 15.7 Å². The molecule has 2 heterocycles. The molecule has 0 fully saturated rings. The fraction of sp³-hybridized carbons (Fsp3) is 0.211. The van der Waals surface area contributed by atoms with Crippen molar-refractivity contribution >= 4 is 34.4 Å². The maximum absolute atomic E-state index is 13.3. The van der Waals surface area contributed by atoms with Gasteiger partial charge in [-0.1, -0.05) is 54.2 Å². The first-order chi connectivity index (χ1) is 12.4. The van der Waals surface area contributed by atoms with Crippen LogP contribution in [-0.2, 0) is 21.7 Å². The monoisotopic (exact) mass is 367 g/mol. The van der Waals surface area contributed by atoms with Gasteiger partial charge in [0, 0.05) is 5.56 Å². The normalized spacial score (nSPS) is 24.8. The van der Waals surface area contributed by atoms with E-state index in [1.807, 2.05) is 31.2 Å². The number of nitrogens with zero attached hydrogens (tertiary/aromatic N) is 2. The van der Waals surface area contributed by atoms with E-state index in [0.29, 0.717) is 17.8 Å². The molecular formula is C19H17N3O3S. The molecule has 0 aliphatic carbocycles. The molecule has 4 rings (SSSR count). The highest BCUT2D eigenvalue weighted by atomic mass is 32.2. The van der Waals surface area contributed by atoms with Crippen LogP contribution in [0.1, 0.15) is 16.7 Å². The standard InChI is InChI=1S/C19H17N3O3S/c1-11-6-2-3-7-12(11)10-22-14-9-5-4-8-13(14)19(25,17(22)24)15-16(23)21-18(20)26-15/h2-9,15,25H,10H2,1H3,(H2,20,21,23). The third-order valence-electron chi connectivity index (χ3n) is 4.83. The lowest BCUT2D eigenvalue weighted by Gasteiger charge is -2.27. The number of carbonyl (C=O) groups excluding carboxylic acids is 2. The molecular weight excluding hydrogens is 350 g/mol. The molecule has 2 aromatic rings. The predicted molar refractivity (Wildman–Crippen MR) is 101 cm³/mol. The zero-order valence-corrected chi connectivity index (χ0v) is 14.9. The lowest BCUT2D eigenvalue weighted by molar-refractivity contribution is -0.140. The van der Waals surface area contributed by atoms with Crippen LogP contribution in [0.15, 0.2) is 53.5 Å². The summed E-state index contributed by atoms with van der Waals surface area (Å²) >= 11 is 0.929. The van der Waals surface area contributed by atoms with Crippen molar-refractivity contribution in [3.8, 4) is 0 Å². The van der Waals surface area contributed by atoms with Crippen LogP contribution in [0, 0.1) is 6.92 Å². The molecule has 7 heteroatoms. The Balaban J connectivity index is 1.78. The fourth-order valence-electron chi connectivity index (χ4n) is 3.46. The molecule has 2 amide bonds. The third-order valence-corrected chi connectivity index (χ3v) is 5.94. The zero-order chi connectivity index (χ0) is 18.5. The molecule has 2 aromatic carbocycles. The van der Waals surface area contributed by atoms with Gasteiger partial charge in [0.1, 0.15) is 5.25 Å². The van der Waals surface area contributed by atoms with E-state index in [-0.39, 0.29) is 5.17 Å². The van der Waals surface area contributed by atoms with Crippen molar-refractivity contribution in [3.05, 3.63) is 65.2 Å². The van der Waals surface area contributed by atoms with Crippen molar-refractivity contribution in [2.45, 2.75) is 24.3 Å². The molecule has 26 heavy (non-hydrogen) atoms. The van der Waals surface area contributed by atoms with E-state index in [0.717, 1.165) is 22.9 Å². The molecule has 0 saturated heterocycles. The topological polar surface area (TPSA) is 96.0 Å². The summed E-state index contributed by atoms with van der Waals surface area (Å²) in [6, 6.07) is 14.7. The number of thioether (sulfide) groups is 1. The van der Waals surface area contributed by atoms with E-state index >= 15 is 0 Å². The Bertz CT molecular complexity index is 959. The summed E-state index contributed by atoms with van der Waals surface area (Å²) < 4.78 is 0. The number of nitrogens with two attached hydrogens (primary N) is 1. The van der Waals surface area contributed by atoms with Gasteiger partial charge in [0.15, 0.2) is 10.8 Å². The number of aliphatic imine (C=N–C) groups is 1. The number of aliphatic hydroxyl groups is 1. The Labute approximate surface area is 154 Å². The molecule has 132 valence electrons. The van der Waals surface area contributed by atoms with Gasteiger partial charge in [0.05, 0.1) is 12.2 Å². The summed E-state index contributed by atoms with van der Waals surface area (Å²) in [5, 5.41) is 10.4. The number of hydrogen-bond donors (Lipinski definition) is 2. The van der Waals surface area contributed by atoms with Gasteiger partial charge in [0.2, 0.25) is 0 Å². The van der Waals surface area contributed by atoms with Crippen LogP contribution >= 0.6 is 11.8 Å². The molecule has 0 saturated carbocycles. The molecule has 0 bridgehead atoms. The summed E-state index contributed by atoms with van der Waals surface area (Å²) in [5.74, 6) is -1.12. The number of carbonyl (C=O) groups is 2. The predicted octanol–water partition coefficient (Wildman–Crippen LogP) is 1.69. The van der Waals surface area contributed by atoms with Crippen LogP contribution in [0.5, 0.6) is 0 Å². The van der Waals surface area contributed by atoms with Gasteiger partial charge in [-0.2, -0.15) is 4.99 Å². The first-order valence-electron chi connectivity index (χ1n) is 8.16. The molecule has 2 aliphatic rings. The molecule has 6 nitrogen and oxygen atoms in total. The second-order valence-electron chi connectivity index (χ2n) is 6.39. The highest BCUT2D eigenvalue weighted by molar-refractivity contribution is 8.15. The van der Waals surface area contributed by atoms with Crippen LogP contribution in [-0.4, -0.2) is 27.3 Å². The van der Waals surface area contributed by atoms with Crippen molar-refractivity contribution in [3.63, 3.8) is 0 Å². The minimum atomic E-state index is -1.98. The Morgan fingerprint density at radius 3 is 2.58 bits per heavy atom. The largest absolute Gasteiger partial charge is 0.378 e. The average molecular weight is 367 g/mol. The maximum Gasteiger partial charge on any atom is 0.265 e. The van der Waals surface area contributed by atoms with Gasteiger partial charge in [-0.05, 0) is 24.1 Å². The van der Waals surface area contributed by atoms with Crippen LogP contribution < -0.4 is 10.6 Å². The van der Waals surface area contributed by atoms with E-state index < -0.39 is 22.7 Å². The van der Waals surface area contributed by atoms with Crippen molar-refractivity contribution in [2.75, 3.05) is 4.90 Å². The van der Waals surface area contributed by atoms with Gasteiger partial charge >= 0.3 is 0 Å². The van der Waals surface area contributed by atoms with E-state index in [2.05, 4.69) is 4.99 Å². The number of amidine groups is 1. The zero-order valence-electron chi connectivity index (χ0n) is 14.0. The molecule has 0 spiro atoms. The number of aryl methyl sites for hydroxylation is 1. The quantitative estimate of drug-likeness (QED) is 0.861. The smallest absolute Gasteiger partial charge is 0.265 e. The molecule has 3 N–H and O–H groups in total. The van der Waals surface area contributed by atoms with Crippen molar-refractivity contribution in [1.82, 2.24) is 0 Å². The lowest BCUT2D eigenvalue weighted by Crippen LogP contribution is -2.49. The lowest BCUT2D eigenvalue weighted by atomic mass is 9.91. The summed E-state index contributed by atoms with van der Waals surface area (Å²) in [4.78, 5) is 30.7. The first kappa shape index (κ1) is 16.8. The number of amides is 2. The number of benzene rings is 2. The summed E-state index contributed by atoms with van der Waals surface area (Å²) in [6.07, 6.45) is 0. The van der Waals surface area contributed by atoms with Crippen LogP contribution in [0.25, 0.3) is 0 Å². The second kappa shape index (κ2) is 5.96. The van der Waals surface area contributed by atoms with Gasteiger partial charge in [-0.15, -0.1) is 0 Å². The summed E-state index contributed by atoms with van der Waals surface area (Å²) in [7, 11) is 0. The number of hydrogen-bond acceptors (Lipinski definition) is 5. The second-order valence-corrected chi connectivity index (χ2v) is 7.51. The average Bonchev–Trinajstić information content (AvgIpc) is 3.07. The first-order valence-corrected chi connectivity index (χ1v) is 9.04. The molecule has 2 atom stereocenters. The van der Waals surface area contributed by atoms with Crippen LogP contribution in [0.2, 0.25) is 0 Å². The Kier molecular flexibility index (Phi) is 3.86. The minimum absolute atomic E-state index is 0.0658. The van der Waals surface area contributed by atoms with Gasteiger partial charge in [-0.3, -0.25) is 9.59 Å². The number of rotatable bonds is 3. The van der Waals surface area contributed by atoms with Crippen molar-refractivity contribution < 1.29 is 14.7 Å². The number of anilines is 1. The highest BCUT2D eigenvalue weighted by Gasteiger charge is 2.59. The van der Waals surface area contributed by atoms with E-state index in [1.54, 1.807) is 24.3 Å². The Hall–Kier alpha value is -2.64. The highest BCUT2D eigenvalue weighted by Crippen LogP contribution is 2.47. The molecule has 0 aromatic heterocycles. The fourth-order valence-corrected chi connectivity index (χ4v) is 4.39. The van der Waals surface area contributed by atoms with E-state index in [4.69, 9.17) is 5.73 Å². The summed E-state index contributed by atoms with van der Waals surface area (Å²) in [6.45, 7) is 2.28. The SMILES string of the molecule is Cc1ccccc1CN1C(=O)C(O)(C2SC(N)=NC2=O)c2ccccc21. The van der Waals surface area contributed by atoms with Crippen LogP contribution in [0.4, 0.5) is 5.69 Å². The Morgan fingerprint density at radius 1 is 1.19 bits per heavy atom. The van der Waals surface area contributed by atoms with Crippen molar-refractivity contribution in [1.29, 1.82) is 0 Å². The van der Waals surface area contributed by atoms with E-state index in [1.165, 1.54) is 4.90 Å². The maximum atomic E-state index is 13.3. The van der Waals surface area contributed by atoms with E-state index in [9.17, 15) is 14.7 Å².